The van der Waals surface area contributed by atoms with E-state index in [0.29, 0.717) is 19.1 Å². The van der Waals surface area contributed by atoms with E-state index in [1.165, 1.54) is 0 Å². The fraction of sp³-hybridized carbons (Fsp3) is 0.909. The minimum absolute atomic E-state index is 0.192. The lowest BCUT2D eigenvalue weighted by Gasteiger charge is -2.21. The van der Waals surface area contributed by atoms with Gasteiger partial charge in [-0.05, 0) is 40.0 Å². The topological polar surface area (TPSA) is 58.6 Å². The van der Waals surface area contributed by atoms with Gasteiger partial charge in [0.1, 0.15) is 6.04 Å². The molecule has 1 saturated carbocycles. The molecule has 2 N–H and O–H groups in total. The third kappa shape index (κ3) is 5.74. The van der Waals surface area contributed by atoms with Crippen LogP contribution in [0.3, 0.4) is 0 Å². The Hall–Kier alpha value is -0.610. The van der Waals surface area contributed by atoms with Crippen LogP contribution < -0.4 is 5.32 Å². The van der Waals surface area contributed by atoms with E-state index in [2.05, 4.69) is 5.32 Å². The summed E-state index contributed by atoms with van der Waals surface area (Å²) in [5.74, 6) is -0.778. The van der Waals surface area contributed by atoms with Gasteiger partial charge in [0.15, 0.2) is 0 Å². The zero-order chi connectivity index (χ0) is 11.5. The average Bonchev–Trinajstić information content (AvgIpc) is 2.83. The zero-order valence-electron chi connectivity index (χ0n) is 9.75. The van der Waals surface area contributed by atoms with E-state index in [4.69, 9.17) is 9.84 Å². The second-order valence-electron chi connectivity index (χ2n) is 5.08. The van der Waals surface area contributed by atoms with Gasteiger partial charge in [0.2, 0.25) is 0 Å². The Morgan fingerprint density at radius 1 is 1.53 bits per heavy atom. The lowest BCUT2D eigenvalue weighted by molar-refractivity contribution is -0.140. The highest BCUT2D eigenvalue weighted by Crippen LogP contribution is 2.20. The smallest absolute Gasteiger partial charge is 0.320 e. The summed E-state index contributed by atoms with van der Waals surface area (Å²) in [6, 6.07) is -0.0411. The number of carboxylic acid groups (broad SMARTS) is 1. The summed E-state index contributed by atoms with van der Waals surface area (Å²) in [4.78, 5) is 10.9. The number of aliphatic carboxylic acids is 1. The first-order valence-electron chi connectivity index (χ1n) is 5.51. The van der Waals surface area contributed by atoms with E-state index in [9.17, 15) is 4.79 Å². The Bertz CT molecular complexity index is 218. The van der Waals surface area contributed by atoms with E-state index in [1.807, 2.05) is 20.8 Å². The number of hydrogen-bond acceptors (Lipinski definition) is 3. The quantitative estimate of drug-likeness (QED) is 0.703. The molecule has 0 heterocycles. The fourth-order valence-electron chi connectivity index (χ4n) is 1.30. The van der Waals surface area contributed by atoms with Crippen molar-refractivity contribution >= 4 is 5.97 Å². The van der Waals surface area contributed by atoms with E-state index < -0.39 is 12.0 Å². The van der Waals surface area contributed by atoms with Crippen molar-refractivity contribution in [3.05, 3.63) is 0 Å². The molecule has 0 radical (unpaired) electrons. The summed E-state index contributed by atoms with van der Waals surface area (Å²) in [7, 11) is 0. The number of ether oxygens (including phenoxy) is 1. The van der Waals surface area contributed by atoms with Gasteiger partial charge in [-0.3, -0.25) is 4.79 Å². The first-order valence-corrected chi connectivity index (χ1v) is 5.51. The van der Waals surface area contributed by atoms with Crippen molar-refractivity contribution in [1.29, 1.82) is 0 Å². The van der Waals surface area contributed by atoms with Crippen LogP contribution in [0.4, 0.5) is 0 Å². The van der Waals surface area contributed by atoms with E-state index >= 15 is 0 Å². The molecule has 1 fully saturated rings. The molecule has 4 heteroatoms. The number of carboxylic acids is 1. The van der Waals surface area contributed by atoms with Crippen LogP contribution >= 0.6 is 0 Å². The Morgan fingerprint density at radius 2 is 2.13 bits per heavy atom. The molecule has 0 spiro atoms. The Balaban J connectivity index is 2.22. The van der Waals surface area contributed by atoms with Gasteiger partial charge in [0, 0.05) is 12.6 Å². The fourth-order valence-corrected chi connectivity index (χ4v) is 1.30. The highest BCUT2D eigenvalue weighted by molar-refractivity contribution is 5.73. The standard InChI is InChI=1S/C11H21NO3/c1-11(2,3)15-7-6-9(10(13)14)12-8-4-5-8/h8-9,12H,4-7H2,1-3H3,(H,13,14). The van der Waals surface area contributed by atoms with Gasteiger partial charge in [-0.25, -0.2) is 0 Å². The Kier molecular flexibility index (Phi) is 4.11. The molecule has 1 unspecified atom stereocenters. The molecular formula is C11H21NO3. The number of carbonyl (C=O) groups is 1. The molecule has 4 nitrogen and oxygen atoms in total. The molecule has 0 aromatic rings. The lowest BCUT2D eigenvalue weighted by atomic mass is 10.2. The number of nitrogens with one attached hydrogen (secondary N) is 1. The molecule has 0 saturated heterocycles. The third-order valence-electron chi connectivity index (χ3n) is 2.25. The van der Waals surface area contributed by atoms with E-state index in [0.717, 1.165) is 12.8 Å². The van der Waals surface area contributed by atoms with E-state index in [-0.39, 0.29) is 5.60 Å². The van der Waals surface area contributed by atoms with Crippen molar-refractivity contribution in [3.8, 4) is 0 Å². The summed E-state index contributed by atoms with van der Waals surface area (Å²) in [5.41, 5.74) is -0.192. The normalized spacial score (nSPS) is 18.9. The molecule has 0 aliphatic heterocycles. The molecule has 0 bridgehead atoms. The monoisotopic (exact) mass is 215 g/mol. The summed E-state index contributed by atoms with van der Waals surface area (Å²) < 4.78 is 5.51. The number of hydrogen-bond donors (Lipinski definition) is 2. The van der Waals surface area contributed by atoms with Crippen molar-refractivity contribution < 1.29 is 14.6 Å². The molecular weight excluding hydrogens is 194 g/mol. The Morgan fingerprint density at radius 3 is 2.53 bits per heavy atom. The first-order chi connectivity index (χ1) is 6.88. The average molecular weight is 215 g/mol. The lowest BCUT2D eigenvalue weighted by Crippen LogP contribution is -2.39. The molecule has 88 valence electrons. The second kappa shape index (κ2) is 4.94. The van der Waals surface area contributed by atoms with Crippen molar-refractivity contribution in [3.63, 3.8) is 0 Å². The highest BCUT2D eigenvalue weighted by Gasteiger charge is 2.28. The van der Waals surface area contributed by atoms with Crippen LogP contribution in [0.25, 0.3) is 0 Å². The van der Waals surface area contributed by atoms with Crippen LogP contribution in [-0.4, -0.2) is 35.4 Å². The van der Waals surface area contributed by atoms with Crippen LogP contribution in [-0.2, 0) is 9.53 Å². The van der Waals surface area contributed by atoms with Gasteiger partial charge in [0.25, 0.3) is 0 Å². The van der Waals surface area contributed by atoms with Gasteiger partial charge < -0.3 is 15.2 Å². The molecule has 1 aliphatic carbocycles. The van der Waals surface area contributed by atoms with Crippen LogP contribution in [0.15, 0.2) is 0 Å². The van der Waals surface area contributed by atoms with Crippen LogP contribution in [0.2, 0.25) is 0 Å². The predicted molar refractivity (Wildman–Crippen MR) is 57.9 cm³/mol. The minimum atomic E-state index is -0.778. The first kappa shape index (κ1) is 12.5. The SMILES string of the molecule is CC(C)(C)OCCC(NC1CC1)C(=O)O. The summed E-state index contributed by atoms with van der Waals surface area (Å²) in [6.07, 6.45) is 2.73. The molecule has 0 aromatic carbocycles. The molecule has 0 aromatic heterocycles. The molecule has 0 amide bonds. The van der Waals surface area contributed by atoms with Crippen LogP contribution in [0.5, 0.6) is 0 Å². The van der Waals surface area contributed by atoms with Crippen molar-refractivity contribution in [2.45, 2.75) is 57.7 Å². The number of rotatable bonds is 6. The van der Waals surface area contributed by atoms with E-state index in [1.54, 1.807) is 0 Å². The van der Waals surface area contributed by atoms with Gasteiger partial charge in [-0.2, -0.15) is 0 Å². The zero-order valence-corrected chi connectivity index (χ0v) is 9.75. The molecule has 1 aliphatic rings. The maximum Gasteiger partial charge on any atom is 0.320 e. The van der Waals surface area contributed by atoms with Crippen molar-refractivity contribution in [2.24, 2.45) is 0 Å². The third-order valence-corrected chi connectivity index (χ3v) is 2.25. The summed E-state index contributed by atoms with van der Waals surface area (Å²) in [5, 5.41) is 12.1. The van der Waals surface area contributed by atoms with Crippen molar-refractivity contribution in [1.82, 2.24) is 5.32 Å². The highest BCUT2D eigenvalue weighted by atomic mass is 16.5. The maximum atomic E-state index is 10.9. The maximum absolute atomic E-state index is 10.9. The summed E-state index contributed by atoms with van der Waals surface area (Å²) >= 11 is 0. The minimum Gasteiger partial charge on any atom is -0.480 e. The molecule has 1 rings (SSSR count). The summed E-state index contributed by atoms with van der Waals surface area (Å²) in [6.45, 7) is 6.39. The van der Waals surface area contributed by atoms with Crippen molar-refractivity contribution in [2.75, 3.05) is 6.61 Å². The predicted octanol–water partition coefficient (Wildman–Crippen LogP) is 1.40. The van der Waals surface area contributed by atoms with Gasteiger partial charge in [0.05, 0.1) is 5.60 Å². The molecule has 1 atom stereocenters. The molecule has 15 heavy (non-hydrogen) atoms. The van der Waals surface area contributed by atoms with Gasteiger partial charge in [-0.15, -0.1) is 0 Å². The van der Waals surface area contributed by atoms with Gasteiger partial charge in [-0.1, -0.05) is 0 Å². The Labute approximate surface area is 91.0 Å². The van der Waals surface area contributed by atoms with Crippen LogP contribution in [0, 0.1) is 0 Å². The van der Waals surface area contributed by atoms with Gasteiger partial charge >= 0.3 is 5.97 Å². The van der Waals surface area contributed by atoms with Crippen LogP contribution in [0.1, 0.15) is 40.0 Å². The second-order valence-corrected chi connectivity index (χ2v) is 5.08. The largest absolute Gasteiger partial charge is 0.480 e.